The molecule has 2 atom stereocenters. The summed E-state index contributed by atoms with van der Waals surface area (Å²) in [6, 6.07) is 0. The molecular weight excluding hydrogens is 128 g/mol. The molecule has 0 fully saturated rings. The molecule has 0 bridgehead atoms. The van der Waals surface area contributed by atoms with E-state index in [0.29, 0.717) is 18.3 Å². The largest absolute Gasteiger partial charge is 0.481 e. The summed E-state index contributed by atoms with van der Waals surface area (Å²) in [6.45, 7) is 6.17. The fourth-order valence-electron chi connectivity index (χ4n) is 0.879. The molecule has 60 valence electrons. The second-order valence-electron chi connectivity index (χ2n) is 2.96. The highest BCUT2D eigenvalue weighted by Crippen LogP contribution is 2.17. The standard InChI is InChI=1S/C8H16O2/c1-4-6(2)7(3)5-8(9)10/h6-7H,4-5H2,1-3H3,(H,9,10)/t6?,7-/m1/s1. The van der Waals surface area contributed by atoms with Crippen LogP contribution in [0.1, 0.15) is 33.6 Å². The average molecular weight is 144 g/mol. The summed E-state index contributed by atoms with van der Waals surface area (Å²) in [7, 11) is 0. The van der Waals surface area contributed by atoms with Gasteiger partial charge in [-0.2, -0.15) is 0 Å². The van der Waals surface area contributed by atoms with Crippen molar-refractivity contribution in [3.63, 3.8) is 0 Å². The number of carboxylic acids is 1. The molecule has 0 spiro atoms. The molecule has 0 aliphatic carbocycles. The molecule has 0 saturated carbocycles. The van der Waals surface area contributed by atoms with Crippen molar-refractivity contribution in [3.8, 4) is 0 Å². The van der Waals surface area contributed by atoms with Crippen molar-refractivity contribution < 1.29 is 9.90 Å². The van der Waals surface area contributed by atoms with Crippen molar-refractivity contribution in [3.05, 3.63) is 0 Å². The molecule has 2 nitrogen and oxygen atoms in total. The topological polar surface area (TPSA) is 37.3 Å². The lowest BCUT2D eigenvalue weighted by Gasteiger charge is -2.14. The van der Waals surface area contributed by atoms with E-state index >= 15 is 0 Å². The molecule has 1 N–H and O–H groups in total. The first kappa shape index (κ1) is 9.47. The van der Waals surface area contributed by atoms with Gasteiger partial charge in [0.2, 0.25) is 0 Å². The van der Waals surface area contributed by atoms with Gasteiger partial charge in [-0.05, 0) is 11.8 Å². The Morgan fingerprint density at radius 1 is 1.40 bits per heavy atom. The lowest BCUT2D eigenvalue weighted by Crippen LogP contribution is -2.11. The fraction of sp³-hybridized carbons (Fsp3) is 0.875. The predicted molar refractivity (Wildman–Crippen MR) is 40.9 cm³/mol. The molecule has 10 heavy (non-hydrogen) atoms. The van der Waals surface area contributed by atoms with Crippen LogP contribution in [0.3, 0.4) is 0 Å². The predicted octanol–water partition coefficient (Wildman–Crippen LogP) is 2.14. The Bertz CT molecular complexity index is 110. The van der Waals surface area contributed by atoms with Gasteiger partial charge in [0.1, 0.15) is 0 Å². The van der Waals surface area contributed by atoms with Crippen LogP contribution in [0.15, 0.2) is 0 Å². The zero-order chi connectivity index (χ0) is 8.15. The zero-order valence-corrected chi connectivity index (χ0v) is 6.92. The van der Waals surface area contributed by atoms with Crippen molar-refractivity contribution in [2.45, 2.75) is 33.6 Å². The molecule has 2 heteroatoms. The van der Waals surface area contributed by atoms with Gasteiger partial charge >= 0.3 is 5.97 Å². The van der Waals surface area contributed by atoms with E-state index in [9.17, 15) is 4.79 Å². The van der Waals surface area contributed by atoms with Crippen LogP contribution in [0.2, 0.25) is 0 Å². The Balaban J connectivity index is 3.61. The number of aliphatic carboxylic acids is 1. The van der Waals surface area contributed by atoms with Crippen LogP contribution in [-0.2, 0) is 4.79 Å². The molecule has 0 aromatic carbocycles. The molecule has 0 aromatic rings. The third kappa shape index (κ3) is 3.49. The summed E-state index contributed by atoms with van der Waals surface area (Å²) in [5.74, 6) is 0.145. The number of carboxylic acid groups (broad SMARTS) is 1. The molecule has 0 amide bonds. The van der Waals surface area contributed by atoms with Gasteiger partial charge in [0.05, 0.1) is 0 Å². The molecule has 0 aliphatic rings. The van der Waals surface area contributed by atoms with Crippen LogP contribution < -0.4 is 0 Å². The second kappa shape index (κ2) is 4.31. The van der Waals surface area contributed by atoms with Gasteiger partial charge in [-0.1, -0.05) is 27.2 Å². The third-order valence-corrected chi connectivity index (χ3v) is 2.11. The SMILES string of the molecule is CCC(C)[C@H](C)CC(=O)O. The lowest BCUT2D eigenvalue weighted by molar-refractivity contribution is -0.138. The molecule has 0 aliphatic heterocycles. The van der Waals surface area contributed by atoms with E-state index in [2.05, 4.69) is 13.8 Å². The van der Waals surface area contributed by atoms with E-state index in [1.165, 1.54) is 0 Å². The summed E-state index contributed by atoms with van der Waals surface area (Å²) >= 11 is 0. The van der Waals surface area contributed by atoms with Crippen LogP contribution in [0.5, 0.6) is 0 Å². The number of hydrogen-bond donors (Lipinski definition) is 1. The Hall–Kier alpha value is -0.530. The van der Waals surface area contributed by atoms with Gasteiger partial charge in [0.25, 0.3) is 0 Å². The summed E-state index contributed by atoms with van der Waals surface area (Å²) in [6.07, 6.45) is 1.36. The smallest absolute Gasteiger partial charge is 0.303 e. The summed E-state index contributed by atoms with van der Waals surface area (Å²) in [4.78, 5) is 10.2. The van der Waals surface area contributed by atoms with Crippen molar-refractivity contribution in [1.82, 2.24) is 0 Å². The van der Waals surface area contributed by atoms with E-state index in [1.807, 2.05) is 6.92 Å². The maximum Gasteiger partial charge on any atom is 0.303 e. The highest BCUT2D eigenvalue weighted by molar-refractivity contribution is 5.66. The van der Waals surface area contributed by atoms with E-state index in [0.717, 1.165) is 6.42 Å². The van der Waals surface area contributed by atoms with E-state index in [4.69, 9.17) is 5.11 Å². The first-order chi connectivity index (χ1) is 4.57. The van der Waals surface area contributed by atoms with E-state index < -0.39 is 5.97 Å². The zero-order valence-electron chi connectivity index (χ0n) is 6.92. The minimum absolute atomic E-state index is 0.301. The van der Waals surface area contributed by atoms with Crippen molar-refractivity contribution >= 4 is 5.97 Å². The first-order valence-corrected chi connectivity index (χ1v) is 3.79. The Morgan fingerprint density at radius 2 is 1.90 bits per heavy atom. The molecule has 0 radical (unpaired) electrons. The highest BCUT2D eigenvalue weighted by atomic mass is 16.4. The fourth-order valence-corrected chi connectivity index (χ4v) is 0.879. The maximum atomic E-state index is 10.2. The average Bonchev–Trinajstić information content (AvgIpc) is 1.85. The molecule has 0 heterocycles. The van der Waals surface area contributed by atoms with Crippen LogP contribution in [0, 0.1) is 11.8 Å². The molecule has 0 rings (SSSR count). The summed E-state index contributed by atoms with van der Waals surface area (Å²) < 4.78 is 0. The van der Waals surface area contributed by atoms with E-state index in [1.54, 1.807) is 0 Å². The number of hydrogen-bond acceptors (Lipinski definition) is 1. The highest BCUT2D eigenvalue weighted by Gasteiger charge is 2.12. The third-order valence-electron chi connectivity index (χ3n) is 2.11. The van der Waals surface area contributed by atoms with Crippen LogP contribution in [0.25, 0.3) is 0 Å². The Kier molecular flexibility index (Phi) is 4.08. The normalized spacial score (nSPS) is 16.3. The monoisotopic (exact) mass is 144 g/mol. The maximum absolute atomic E-state index is 10.2. The summed E-state index contributed by atoms with van der Waals surface area (Å²) in [5, 5.41) is 8.43. The van der Waals surface area contributed by atoms with Crippen molar-refractivity contribution in [2.75, 3.05) is 0 Å². The Labute approximate surface area is 62.2 Å². The van der Waals surface area contributed by atoms with Gasteiger partial charge in [-0.3, -0.25) is 4.79 Å². The van der Waals surface area contributed by atoms with Crippen molar-refractivity contribution in [2.24, 2.45) is 11.8 Å². The van der Waals surface area contributed by atoms with Gasteiger partial charge in [0.15, 0.2) is 0 Å². The van der Waals surface area contributed by atoms with Gasteiger partial charge in [-0.25, -0.2) is 0 Å². The van der Waals surface area contributed by atoms with Crippen LogP contribution in [-0.4, -0.2) is 11.1 Å². The van der Waals surface area contributed by atoms with Crippen LogP contribution >= 0.6 is 0 Å². The Morgan fingerprint density at radius 3 is 2.20 bits per heavy atom. The quantitative estimate of drug-likeness (QED) is 0.656. The summed E-state index contributed by atoms with van der Waals surface area (Å²) in [5.41, 5.74) is 0. The minimum atomic E-state index is -0.687. The van der Waals surface area contributed by atoms with Gasteiger partial charge in [-0.15, -0.1) is 0 Å². The minimum Gasteiger partial charge on any atom is -0.481 e. The second-order valence-corrected chi connectivity index (χ2v) is 2.96. The van der Waals surface area contributed by atoms with Gasteiger partial charge < -0.3 is 5.11 Å². The number of carbonyl (C=O) groups is 1. The lowest BCUT2D eigenvalue weighted by atomic mass is 9.91. The molecule has 0 aromatic heterocycles. The molecular formula is C8H16O2. The van der Waals surface area contributed by atoms with Crippen LogP contribution in [0.4, 0.5) is 0 Å². The van der Waals surface area contributed by atoms with Gasteiger partial charge in [0, 0.05) is 6.42 Å². The molecule has 1 unspecified atom stereocenters. The van der Waals surface area contributed by atoms with Crippen molar-refractivity contribution in [1.29, 1.82) is 0 Å². The van der Waals surface area contributed by atoms with E-state index in [-0.39, 0.29) is 0 Å². The number of rotatable bonds is 4. The first-order valence-electron chi connectivity index (χ1n) is 3.79. The molecule has 0 saturated heterocycles.